The third kappa shape index (κ3) is 6.29. The zero-order valence-electron chi connectivity index (χ0n) is 20.5. The standard InChI is InChI=1S/C29H26ClN3O3S/c1-21(2)16-17-36-26-12-8-22(9-13-26)29-23(20-33(32-29)25-6-4-3-5-7-25)18-28(19-31)37(34,35)27-14-10-24(30)11-15-27/h3-15,18,20-21H,16-17H2,1-2H3. The van der Waals surface area contributed by atoms with Crippen LogP contribution in [0.2, 0.25) is 5.02 Å². The highest BCUT2D eigenvalue weighted by Gasteiger charge is 2.22. The minimum atomic E-state index is -4.06. The van der Waals surface area contributed by atoms with E-state index in [-0.39, 0.29) is 4.90 Å². The number of nitriles is 1. The first-order valence-corrected chi connectivity index (χ1v) is 13.6. The van der Waals surface area contributed by atoms with Gasteiger partial charge in [0.2, 0.25) is 9.84 Å². The van der Waals surface area contributed by atoms with Crippen LogP contribution in [0.25, 0.3) is 23.0 Å². The number of hydrogen-bond acceptors (Lipinski definition) is 5. The minimum Gasteiger partial charge on any atom is -0.494 e. The fourth-order valence-corrected chi connectivity index (χ4v) is 4.88. The van der Waals surface area contributed by atoms with E-state index in [2.05, 4.69) is 13.8 Å². The van der Waals surface area contributed by atoms with Gasteiger partial charge in [-0.05, 0) is 79.1 Å². The number of aromatic nitrogens is 2. The van der Waals surface area contributed by atoms with Gasteiger partial charge >= 0.3 is 0 Å². The smallest absolute Gasteiger partial charge is 0.216 e. The Bertz CT molecular complexity index is 1530. The zero-order valence-corrected chi connectivity index (χ0v) is 22.1. The van der Waals surface area contributed by atoms with Gasteiger partial charge < -0.3 is 4.74 Å². The fraction of sp³-hybridized carbons (Fsp3) is 0.172. The highest BCUT2D eigenvalue weighted by atomic mass is 35.5. The molecule has 0 unspecified atom stereocenters. The Balaban J connectivity index is 1.76. The SMILES string of the molecule is CC(C)CCOc1ccc(-c2nn(-c3ccccc3)cc2C=C(C#N)S(=O)(=O)c2ccc(Cl)cc2)cc1. The lowest BCUT2D eigenvalue weighted by atomic mass is 10.1. The molecule has 0 atom stereocenters. The van der Waals surface area contributed by atoms with Gasteiger partial charge in [-0.15, -0.1) is 0 Å². The lowest BCUT2D eigenvalue weighted by molar-refractivity contribution is 0.289. The van der Waals surface area contributed by atoms with Crippen LogP contribution < -0.4 is 4.74 Å². The summed E-state index contributed by atoms with van der Waals surface area (Å²) in [6.45, 7) is 4.92. The zero-order chi connectivity index (χ0) is 26.4. The summed E-state index contributed by atoms with van der Waals surface area (Å²) in [7, 11) is -4.06. The maximum atomic E-state index is 13.2. The summed E-state index contributed by atoms with van der Waals surface area (Å²) in [5.74, 6) is 1.29. The van der Waals surface area contributed by atoms with Crippen molar-refractivity contribution in [1.29, 1.82) is 5.26 Å². The maximum Gasteiger partial charge on any atom is 0.216 e. The first-order chi connectivity index (χ1) is 17.8. The van der Waals surface area contributed by atoms with E-state index in [0.717, 1.165) is 23.4 Å². The molecular formula is C29H26ClN3O3S. The first kappa shape index (κ1) is 26.2. The van der Waals surface area contributed by atoms with E-state index < -0.39 is 14.7 Å². The molecule has 0 saturated carbocycles. The Morgan fingerprint density at radius 2 is 1.73 bits per heavy atom. The van der Waals surface area contributed by atoms with E-state index in [1.807, 2.05) is 60.7 Å². The highest BCUT2D eigenvalue weighted by Crippen LogP contribution is 2.30. The van der Waals surface area contributed by atoms with E-state index in [1.54, 1.807) is 10.9 Å². The predicted molar refractivity (Wildman–Crippen MR) is 146 cm³/mol. The molecular weight excluding hydrogens is 506 g/mol. The first-order valence-electron chi connectivity index (χ1n) is 11.8. The van der Waals surface area contributed by atoms with Gasteiger partial charge in [0.1, 0.15) is 22.4 Å². The monoisotopic (exact) mass is 531 g/mol. The van der Waals surface area contributed by atoms with Crippen molar-refractivity contribution in [3.05, 3.63) is 101 Å². The van der Waals surface area contributed by atoms with Crippen molar-refractivity contribution < 1.29 is 13.2 Å². The van der Waals surface area contributed by atoms with Gasteiger partial charge in [-0.3, -0.25) is 0 Å². The minimum absolute atomic E-state index is 0.00963. The van der Waals surface area contributed by atoms with Crippen LogP contribution in [-0.2, 0) is 9.84 Å². The van der Waals surface area contributed by atoms with E-state index in [9.17, 15) is 13.7 Å². The third-order valence-electron chi connectivity index (χ3n) is 5.67. The Labute approximate surface area is 222 Å². The summed E-state index contributed by atoms with van der Waals surface area (Å²) in [6.07, 6.45) is 4.03. The maximum absolute atomic E-state index is 13.2. The largest absolute Gasteiger partial charge is 0.494 e. The van der Waals surface area contributed by atoms with Crippen LogP contribution in [0.4, 0.5) is 0 Å². The van der Waals surface area contributed by atoms with E-state index >= 15 is 0 Å². The third-order valence-corrected chi connectivity index (χ3v) is 7.60. The lowest BCUT2D eigenvalue weighted by Crippen LogP contribution is -2.03. The number of hydrogen-bond donors (Lipinski definition) is 0. The van der Waals surface area contributed by atoms with Crippen LogP contribution in [0.5, 0.6) is 5.75 Å². The molecule has 4 rings (SSSR count). The molecule has 0 aliphatic heterocycles. The van der Waals surface area contributed by atoms with E-state index in [0.29, 0.717) is 28.8 Å². The van der Waals surface area contributed by atoms with Gasteiger partial charge in [0.15, 0.2) is 0 Å². The summed E-state index contributed by atoms with van der Waals surface area (Å²) >= 11 is 5.91. The van der Waals surface area contributed by atoms with Crippen LogP contribution in [-0.4, -0.2) is 24.8 Å². The van der Waals surface area contributed by atoms with Gasteiger partial charge in [0.25, 0.3) is 0 Å². The van der Waals surface area contributed by atoms with Crippen LogP contribution in [0.15, 0.2) is 94.9 Å². The van der Waals surface area contributed by atoms with Crippen molar-refractivity contribution in [2.75, 3.05) is 6.61 Å². The summed E-state index contributed by atoms with van der Waals surface area (Å²) in [5.41, 5.74) is 2.59. The number of halogens is 1. The Hall–Kier alpha value is -3.86. The highest BCUT2D eigenvalue weighted by molar-refractivity contribution is 7.95. The second kappa shape index (κ2) is 11.5. The summed E-state index contributed by atoms with van der Waals surface area (Å²) < 4.78 is 33.9. The second-order valence-corrected chi connectivity index (χ2v) is 11.2. The number of benzene rings is 3. The van der Waals surface area contributed by atoms with Crippen LogP contribution in [0.1, 0.15) is 25.8 Å². The molecule has 0 aliphatic rings. The molecule has 0 bridgehead atoms. The topological polar surface area (TPSA) is 85.0 Å². The molecule has 188 valence electrons. The van der Waals surface area contributed by atoms with Crippen LogP contribution in [0, 0.1) is 17.2 Å². The van der Waals surface area contributed by atoms with Crippen molar-refractivity contribution >= 4 is 27.5 Å². The van der Waals surface area contributed by atoms with Crippen molar-refractivity contribution in [3.63, 3.8) is 0 Å². The molecule has 37 heavy (non-hydrogen) atoms. The summed E-state index contributed by atoms with van der Waals surface area (Å²) in [5, 5.41) is 15.0. The molecule has 0 fully saturated rings. The quantitative estimate of drug-likeness (QED) is 0.218. The molecule has 0 amide bonds. The molecule has 3 aromatic carbocycles. The molecule has 8 heteroatoms. The number of nitrogens with zero attached hydrogens (tertiary/aromatic N) is 3. The molecule has 6 nitrogen and oxygen atoms in total. The molecule has 1 aromatic heterocycles. The van der Waals surface area contributed by atoms with Crippen molar-refractivity contribution in [3.8, 4) is 28.8 Å². The molecule has 0 radical (unpaired) electrons. The Morgan fingerprint density at radius 3 is 2.35 bits per heavy atom. The summed E-state index contributed by atoms with van der Waals surface area (Å²) in [4.78, 5) is -0.401. The lowest BCUT2D eigenvalue weighted by Gasteiger charge is -2.08. The van der Waals surface area contributed by atoms with Crippen molar-refractivity contribution in [2.45, 2.75) is 25.2 Å². The normalized spacial score (nSPS) is 11.9. The van der Waals surface area contributed by atoms with Gasteiger partial charge in [0, 0.05) is 22.3 Å². The number of allylic oxidation sites excluding steroid dienone is 1. The van der Waals surface area contributed by atoms with Gasteiger partial charge in [-0.25, -0.2) is 13.1 Å². The second-order valence-electron chi connectivity index (χ2n) is 8.85. The van der Waals surface area contributed by atoms with E-state index in [4.69, 9.17) is 21.4 Å². The average molecular weight is 532 g/mol. The number of sulfone groups is 1. The van der Waals surface area contributed by atoms with E-state index in [1.165, 1.54) is 30.3 Å². The van der Waals surface area contributed by atoms with Crippen molar-refractivity contribution in [2.24, 2.45) is 5.92 Å². The Kier molecular flexibility index (Phi) is 8.12. The van der Waals surface area contributed by atoms with Gasteiger partial charge in [-0.2, -0.15) is 10.4 Å². The number of para-hydroxylation sites is 1. The Morgan fingerprint density at radius 1 is 1.05 bits per heavy atom. The molecule has 1 heterocycles. The number of ether oxygens (including phenoxy) is 1. The predicted octanol–water partition coefficient (Wildman–Crippen LogP) is 6.96. The average Bonchev–Trinajstić information content (AvgIpc) is 3.32. The fourth-order valence-electron chi connectivity index (χ4n) is 3.60. The molecule has 0 aliphatic carbocycles. The molecule has 0 N–H and O–H groups in total. The molecule has 0 spiro atoms. The molecule has 4 aromatic rings. The number of rotatable bonds is 9. The van der Waals surface area contributed by atoms with Crippen LogP contribution >= 0.6 is 11.6 Å². The molecule has 0 saturated heterocycles. The van der Waals surface area contributed by atoms with Gasteiger partial charge in [-0.1, -0.05) is 43.6 Å². The van der Waals surface area contributed by atoms with Gasteiger partial charge in [0.05, 0.1) is 17.2 Å². The van der Waals surface area contributed by atoms with Crippen LogP contribution in [0.3, 0.4) is 0 Å². The summed E-state index contributed by atoms with van der Waals surface area (Å²) in [6, 6.07) is 24.5. The van der Waals surface area contributed by atoms with Crippen molar-refractivity contribution in [1.82, 2.24) is 9.78 Å².